The standard InChI is InChI=1S/C27H35N3O4S/c1-3-14-30(2)15-18-34-24-12-17-33-23-11-10-20(19-21(23)24)32-16-7-6-13-28-26(31)27-29-22-8-4-5-9-25(22)35-27/h4-5,8-11,19,24H,3,6-7,12-18H2,1-2H3,(H,28,31)/t24-/m0/s1. The zero-order chi connectivity index (χ0) is 24.5. The van der Waals surface area contributed by atoms with Gasteiger partial charge in [0.15, 0.2) is 5.01 Å². The van der Waals surface area contributed by atoms with Crippen LogP contribution < -0.4 is 14.8 Å². The molecule has 188 valence electrons. The van der Waals surface area contributed by atoms with Gasteiger partial charge in [0.25, 0.3) is 5.91 Å². The average Bonchev–Trinajstić information content (AvgIpc) is 3.31. The number of benzene rings is 2. The highest BCUT2D eigenvalue weighted by Crippen LogP contribution is 2.37. The molecule has 0 unspecified atom stereocenters. The van der Waals surface area contributed by atoms with Crippen molar-refractivity contribution >= 4 is 27.5 Å². The van der Waals surface area contributed by atoms with Crippen molar-refractivity contribution in [3.63, 3.8) is 0 Å². The van der Waals surface area contributed by atoms with Crippen molar-refractivity contribution in [3.05, 3.63) is 53.0 Å². The summed E-state index contributed by atoms with van der Waals surface area (Å²) in [5.41, 5.74) is 1.93. The normalized spacial score (nSPS) is 15.1. The van der Waals surface area contributed by atoms with E-state index in [-0.39, 0.29) is 12.0 Å². The second kappa shape index (κ2) is 12.9. The van der Waals surface area contributed by atoms with E-state index in [9.17, 15) is 4.79 Å². The second-order valence-corrected chi connectivity index (χ2v) is 9.83. The van der Waals surface area contributed by atoms with Crippen molar-refractivity contribution in [2.75, 3.05) is 46.5 Å². The van der Waals surface area contributed by atoms with Crippen LogP contribution >= 0.6 is 11.3 Å². The Hall–Kier alpha value is -2.68. The molecular weight excluding hydrogens is 462 g/mol. The number of aromatic nitrogens is 1. The first-order valence-electron chi connectivity index (χ1n) is 12.5. The number of amides is 1. The number of nitrogens with one attached hydrogen (secondary N) is 1. The highest BCUT2D eigenvalue weighted by atomic mass is 32.1. The lowest BCUT2D eigenvalue weighted by atomic mass is 10.0. The lowest BCUT2D eigenvalue weighted by Gasteiger charge is -2.27. The molecule has 4 rings (SSSR count). The van der Waals surface area contributed by atoms with Crippen LogP contribution in [-0.4, -0.2) is 62.3 Å². The van der Waals surface area contributed by atoms with Crippen molar-refractivity contribution in [1.82, 2.24) is 15.2 Å². The van der Waals surface area contributed by atoms with Gasteiger partial charge in [0.2, 0.25) is 0 Å². The maximum atomic E-state index is 12.4. The molecule has 0 saturated heterocycles. The molecule has 8 heteroatoms. The van der Waals surface area contributed by atoms with Gasteiger partial charge >= 0.3 is 0 Å². The molecule has 1 aliphatic heterocycles. The number of nitrogens with zero attached hydrogens (tertiary/aromatic N) is 2. The highest BCUT2D eigenvalue weighted by Gasteiger charge is 2.23. The molecule has 0 aliphatic carbocycles. The van der Waals surface area contributed by atoms with Crippen LogP contribution in [0.3, 0.4) is 0 Å². The number of hydrogen-bond acceptors (Lipinski definition) is 7. The maximum absolute atomic E-state index is 12.4. The fourth-order valence-electron chi connectivity index (χ4n) is 4.11. The van der Waals surface area contributed by atoms with E-state index < -0.39 is 0 Å². The average molecular weight is 498 g/mol. The molecule has 0 bridgehead atoms. The van der Waals surface area contributed by atoms with E-state index in [0.29, 0.717) is 31.4 Å². The van der Waals surface area contributed by atoms with E-state index in [1.54, 1.807) is 0 Å². The second-order valence-electron chi connectivity index (χ2n) is 8.80. The summed E-state index contributed by atoms with van der Waals surface area (Å²) in [6.07, 6.45) is 3.71. The van der Waals surface area contributed by atoms with Crippen molar-refractivity contribution < 1.29 is 19.0 Å². The molecule has 1 atom stereocenters. The lowest BCUT2D eigenvalue weighted by Crippen LogP contribution is -2.26. The van der Waals surface area contributed by atoms with Gasteiger partial charge in [0, 0.05) is 25.1 Å². The minimum Gasteiger partial charge on any atom is -0.494 e. The quantitative estimate of drug-likeness (QED) is 0.333. The summed E-state index contributed by atoms with van der Waals surface area (Å²) in [5, 5.41) is 3.46. The van der Waals surface area contributed by atoms with E-state index in [2.05, 4.69) is 29.2 Å². The minimum atomic E-state index is -0.117. The molecule has 1 N–H and O–H groups in total. The topological polar surface area (TPSA) is 72.9 Å². The Balaban J connectivity index is 1.18. The molecule has 1 amide bonds. The van der Waals surface area contributed by atoms with Gasteiger partial charge in [-0.05, 0) is 63.2 Å². The number of carbonyl (C=O) groups is 1. The van der Waals surface area contributed by atoms with E-state index >= 15 is 0 Å². The molecule has 0 spiro atoms. The summed E-state index contributed by atoms with van der Waals surface area (Å²) in [5.74, 6) is 1.59. The summed E-state index contributed by atoms with van der Waals surface area (Å²) in [7, 11) is 2.13. The summed E-state index contributed by atoms with van der Waals surface area (Å²) in [6, 6.07) is 13.8. The number of para-hydroxylation sites is 1. The molecule has 2 aromatic carbocycles. The number of hydrogen-bond donors (Lipinski definition) is 1. The lowest BCUT2D eigenvalue weighted by molar-refractivity contribution is 0.0150. The van der Waals surface area contributed by atoms with Crippen LogP contribution in [0.5, 0.6) is 11.5 Å². The summed E-state index contributed by atoms with van der Waals surface area (Å²) in [6.45, 7) is 6.75. The molecule has 0 saturated carbocycles. The smallest absolute Gasteiger partial charge is 0.280 e. The van der Waals surface area contributed by atoms with E-state index in [1.165, 1.54) is 11.3 Å². The molecule has 1 aromatic heterocycles. The maximum Gasteiger partial charge on any atom is 0.280 e. The van der Waals surface area contributed by atoms with Crippen LogP contribution in [0.15, 0.2) is 42.5 Å². The van der Waals surface area contributed by atoms with Gasteiger partial charge in [-0.3, -0.25) is 4.79 Å². The molecule has 1 aliphatic rings. The number of thiazole rings is 1. The van der Waals surface area contributed by atoms with Crippen LogP contribution in [0.4, 0.5) is 0 Å². The number of likely N-dealkylation sites (N-methyl/N-ethyl adjacent to an activating group) is 1. The predicted octanol–water partition coefficient (Wildman–Crippen LogP) is 5.07. The fourth-order valence-corrected chi connectivity index (χ4v) is 4.99. The first kappa shape index (κ1) is 25.4. The molecule has 7 nitrogen and oxygen atoms in total. The number of carbonyl (C=O) groups excluding carboxylic acids is 1. The Morgan fingerprint density at radius 3 is 2.94 bits per heavy atom. The molecule has 0 fully saturated rings. The Kier molecular flexibility index (Phi) is 9.34. The van der Waals surface area contributed by atoms with Gasteiger partial charge < -0.3 is 24.4 Å². The van der Waals surface area contributed by atoms with E-state index in [4.69, 9.17) is 14.2 Å². The zero-order valence-electron chi connectivity index (χ0n) is 20.6. The Labute approximate surface area is 211 Å². The van der Waals surface area contributed by atoms with Crippen LogP contribution in [0.1, 0.15) is 54.1 Å². The summed E-state index contributed by atoms with van der Waals surface area (Å²) in [4.78, 5) is 19.1. The van der Waals surface area contributed by atoms with Crippen LogP contribution in [0.25, 0.3) is 10.2 Å². The monoisotopic (exact) mass is 497 g/mol. The van der Waals surface area contributed by atoms with Gasteiger partial charge in [-0.1, -0.05) is 19.1 Å². The summed E-state index contributed by atoms with van der Waals surface area (Å²) < 4.78 is 19.0. The predicted molar refractivity (Wildman–Crippen MR) is 140 cm³/mol. The van der Waals surface area contributed by atoms with Crippen molar-refractivity contribution in [1.29, 1.82) is 0 Å². The highest BCUT2D eigenvalue weighted by molar-refractivity contribution is 7.20. The zero-order valence-corrected chi connectivity index (χ0v) is 21.4. The Morgan fingerprint density at radius 2 is 2.09 bits per heavy atom. The number of fused-ring (bicyclic) bond motifs is 2. The Bertz CT molecular complexity index is 1070. The molecule has 2 heterocycles. The minimum absolute atomic E-state index is 0.0371. The first-order chi connectivity index (χ1) is 17.1. The molecule has 3 aromatic rings. The third-order valence-electron chi connectivity index (χ3n) is 5.98. The number of unbranched alkanes of at least 4 members (excludes halogenated alkanes) is 1. The number of ether oxygens (including phenoxy) is 3. The van der Waals surface area contributed by atoms with Gasteiger partial charge in [0.05, 0.1) is 36.1 Å². The summed E-state index contributed by atoms with van der Waals surface area (Å²) >= 11 is 1.42. The van der Waals surface area contributed by atoms with Crippen molar-refractivity contribution in [2.24, 2.45) is 0 Å². The third kappa shape index (κ3) is 7.16. The van der Waals surface area contributed by atoms with Gasteiger partial charge in [-0.15, -0.1) is 11.3 Å². The first-order valence-corrected chi connectivity index (χ1v) is 13.3. The molecular formula is C27H35N3O4S. The van der Waals surface area contributed by atoms with Crippen LogP contribution in [0, 0.1) is 0 Å². The van der Waals surface area contributed by atoms with Crippen LogP contribution in [0.2, 0.25) is 0 Å². The van der Waals surface area contributed by atoms with Crippen molar-refractivity contribution in [2.45, 2.75) is 38.7 Å². The third-order valence-corrected chi connectivity index (χ3v) is 7.01. The van der Waals surface area contributed by atoms with Gasteiger partial charge in [-0.25, -0.2) is 4.98 Å². The number of rotatable bonds is 13. The molecule has 0 radical (unpaired) electrons. The van der Waals surface area contributed by atoms with E-state index in [1.807, 2.05) is 42.5 Å². The van der Waals surface area contributed by atoms with Gasteiger partial charge in [-0.2, -0.15) is 0 Å². The fraction of sp³-hybridized carbons (Fsp3) is 0.481. The van der Waals surface area contributed by atoms with Crippen LogP contribution in [-0.2, 0) is 4.74 Å². The van der Waals surface area contributed by atoms with Gasteiger partial charge in [0.1, 0.15) is 11.5 Å². The SMILES string of the molecule is CCCN(C)CCO[C@H]1CCOc2ccc(OCCCCNC(=O)c3nc4ccccc4s3)cc21. The Morgan fingerprint density at radius 1 is 1.20 bits per heavy atom. The molecule has 35 heavy (non-hydrogen) atoms. The van der Waals surface area contributed by atoms with Crippen molar-refractivity contribution in [3.8, 4) is 11.5 Å². The van der Waals surface area contributed by atoms with E-state index in [0.717, 1.165) is 66.1 Å². The largest absolute Gasteiger partial charge is 0.494 e.